The lowest BCUT2D eigenvalue weighted by Gasteiger charge is -2.35. The smallest absolute Gasteiger partial charge is 0.123 e. The van der Waals surface area contributed by atoms with Crippen LogP contribution in [0.25, 0.3) is 0 Å². The molecule has 4 heteroatoms. The van der Waals surface area contributed by atoms with Gasteiger partial charge < -0.3 is 10.5 Å². The summed E-state index contributed by atoms with van der Waals surface area (Å²) in [6.45, 7) is 5.03. The number of nitrogens with two attached hydrogens (primary N) is 1. The fourth-order valence-electron chi connectivity index (χ4n) is 2.77. The van der Waals surface area contributed by atoms with E-state index in [0.717, 1.165) is 18.6 Å². The Kier molecular flexibility index (Phi) is 4.55. The van der Waals surface area contributed by atoms with E-state index in [-0.39, 0.29) is 24.0 Å². The largest absolute Gasteiger partial charge is 0.377 e. The van der Waals surface area contributed by atoms with E-state index in [1.807, 2.05) is 0 Å². The molecule has 0 aliphatic carbocycles. The molecule has 1 fully saturated rings. The summed E-state index contributed by atoms with van der Waals surface area (Å²) in [5, 5.41) is 0. The zero-order valence-corrected chi connectivity index (χ0v) is 11.8. The van der Waals surface area contributed by atoms with E-state index in [0.29, 0.717) is 6.04 Å². The van der Waals surface area contributed by atoms with E-state index in [2.05, 4.69) is 25.8 Å². The molecule has 0 spiro atoms. The second-order valence-electron chi connectivity index (χ2n) is 5.42. The first kappa shape index (κ1) is 14.4. The Bertz CT molecular complexity index is 409. The van der Waals surface area contributed by atoms with E-state index in [1.54, 1.807) is 12.1 Å². The SMILES string of the molecule is CC1OCCC1N(C)C(C)C(N)c1ccc(F)cc1. The van der Waals surface area contributed by atoms with Crippen LogP contribution in [0.5, 0.6) is 0 Å². The lowest BCUT2D eigenvalue weighted by atomic mass is 9.98. The number of nitrogens with zero attached hydrogens (tertiary/aromatic N) is 1. The van der Waals surface area contributed by atoms with Crippen LogP contribution in [0.1, 0.15) is 31.9 Å². The molecule has 0 amide bonds. The van der Waals surface area contributed by atoms with Crippen LogP contribution in [0.3, 0.4) is 0 Å². The average Bonchev–Trinajstić information content (AvgIpc) is 2.83. The first-order valence-electron chi connectivity index (χ1n) is 6.85. The lowest BCUT2D eigenvalue weighted by Crippen LogP contribution is -2.46. The maximum Gasteiger partial charge on any atom is 0.123 e. The monoisotopic (exact) mass is 266 g/mol. The molecule has 0 aromatic heterocycles. The van der Waals surface area contributed by atoms with Crippen LogP contribution in [-0.2, 0) is 4.74 Å². The molecule has 4 atom stereocenters. The van der Waals surface area contributed by atoms with Crippen LogP contribution in [0.4, 0.5) is 4.39 Å². The van der Waals surface area contributed by atoms with Crippen LogP contribution in [0, 0.1) is 5.82 Å². The van der Waals surface area contributed by atoms with Gasteiger partial charge in [0.15, 0.2) is 0 Å². The van der Waals surface area contributed by atoms with Crippen molar-refractivity contribution in [2.75, 3.05) is 13.7 Å². The molecule has 19 heavy (non-hydrogen) atoms. The van der Waals surface area contributed by atoms with Gasteiger partial charge in [0.1, 0.15) is 5.82 Å². The van der Waals surface area contributed by atoms with Gasteiger partial charge in [0.2, 0.25) is 0 Å². The van der Waals surface area contributed by atoms with Crippen molar-refractivity contribution in [3.05, 3.63) is 35.6 Å². The average molecular weight is 266 g/mol. The van der Waals surface area contributed by atoms with Gasteiger partial charge >= 0.3 is 0 Å². The van der Waals surface area contributed by atoms with Crippen LogP contribution < -0.4 is 5.73 Å². The Hall–Kier alpha value is -0.970. The minimum absolute atomic E-state index is 0.126. The summed E-state index contributed by atoms with van der Waals surface area (Å²) in [7, 11) is 2.09. The van der Waals surface area contributed by atoms with Gasteiger partial charge in [-0.05, 0) is 45.0 Å². The van der Waals surface area contributed by atoms with Gasteiger partial charge in [-0.1, -0.05) is 12.1 Å². The van der Waals surface area contributed by atoms with Crippen LogP contribution in [0.2, 0.25) is 0 Å². The summed E-state index contributed by atoms with van der Waals surface area (Å²) >= 11 is 0. The summed E-state index contributed by atoms with van der Waals surface area (Å²) in [5.74, 6) is -0.227. The van der Waals surface area contributed by atoms with E-state index >= 15 is 0 Å². The van der Waals surface area contributed by atoms with Crippen LogP contribution >= 0.6 is 0 Å². The number of hydrogen-bond donors (Lipinski definition) is 1. The molecule has 1 aromatic carbocycles. The third-order valence-electron chi connectivity index (χ3n) is 4.28. The van der Waals surface area contributed by atoms with Gasteiger partial charge in [-0.15, -0.1) is 0 Å². The molecule has 2 N–H and O–H groups in total. The topological polar surface area (TPSA) is 38.5 Å². The number of rotatable bonds is 4. The zero-order chi connectivity index (χ0) is 14.0. The van der Waals surface area contributed by atoms with Crippen molar-refractivity contribution in [3.8, 4) is 0 Å². The van der Waals surface area contributed by atoms with Gasteiger partial charge in [0.05, 0.1) is 6.10 Å². The van der Waals surface area contributed by atoms with E-state index in [4.69, 9.17) is 10.5 Å². The van der Waals surface area contributed by atoms with Crippen molar-refractivity contribution < 1.29 is 9.13 Å². The third kappa shape index (κ3) is 3.14. The summed E-state index contributed by atoms with van der Waals surface area (Å²) in [6, 6.07) is 6.91. The zero-order valence-electron chi connectivity index (χ0n) is 11.8. The highest BCUT2D eigenvalue weighted by Gasteiger charge is 2.32. The predicted molar refractivity (Wildman–Crippen MR) is 74.4 cm³/mol. The van der Waals surface area contributed by atoms with Gasteiger partial charge in [-0.3, -0.25) is 4.90 Å². The van der Waals surface area contributed by atoms with Crippen molar-refractivity contribution in [1.29, 1.82) is 0 Å². The van der Waals surface area contributed by atoms with Crippen molar-refractivity contribution in [3.63, 3.8) is 0 Å². The number of halogens is 1. The molecule has 4 unspecified atom stereocenters. The predicted octanol–water partition coefficient (Wildman–Crippen LogP) is 2.32. The molecule has 1 saturated heterocycles. The van der Waals surface area contributed by atoms with Crippen LogP contribution in [0.15, 0.2) is 24.3 Å². The summed E-state index contributed by atoms with van der Waals surface area (Å²) < 4.78 is 18.5. The molecule has 1 heterocycles. The van der Waals surface area contributed by atoms with Crippen molar-refractivity contribution >= 4 is 0 Å². The fourth-order valence-corrected chi connectivity index (χ4v) is 2.77. The quantitative estimate of drug-likeness (QED) is 0.909. The molecule has 3 nitrogen and oxygen atoms in total. The van der Waals surface area contributed by atoms with Gasteiger partial charge in [-0.25, -0.2) is 4.39 Å². The van der Waals surface area contributed by atoms with Crippen molar-refractivity contribution in [2.24, 2.45) is 5.73 Å². The first-order valence-corrected chi connectivity index (χ1v) is 6.85. The van der Waals surface area contributed by atoms with E-state index < -0.39 is 0 Å². The molecular formula is C15H23FN2O. The molecule has 0 bridgehead atoms. The third-order valence-corrected chi connectivity index (χ3v) is 4.28. The summed E-state index contributed by atoms with van der Waals surface area (Å²) in [6.07, 6.45) is 1.28. The highest BCUT2D eigenvalue weighted by molar-refractivity contribution is 5.21. The number of hydrogen-bond acceptors (Lipinski definition) is 3. The molecule has 1 aromatic rings. The Labute approximate surface area is 114 Å². The Morgan fingerprint density at radius 3 is 2.53 bits per heavy atom. The Morgan fingerprint density at radius 1 is 1.37 bits per heavy atom. The maximum absolute atomic E-state index is 12.9. The molecule has 0 radical (unpaired) electrons. The molecule has 1 aliphatic heterocycles. The Balaban J connectivity index is 2.05. The second kappa shape index (κ2) is 5.99. The summed E-state index contributed by atoms with van der Waals surface area (Å²) in [4.78, 5) is 2.28. The summed E-state index contributed by atoms with van der Waals surface area (Å²) in [5.41, 5.74) is 7.26. The maximum atomic E-state index is 12.9. The van der Waals surface area contributed by atoms with Gasteiger partial charge in [0, 0.05) is 24.7 Å². The normalized spacial score (nSPS) is 26.6. The Morgan fingerprint density at radius 2 is 2.00 bits per heavy atom. The molecule has 0 saturated carbocycles. The van der Waals surface area contributed by atoms with Crippen molar-refractivity contribution in [2.45, 2.75) is 44.5 Å². The highest BCUT2D eigenvalue weighted by Crippen LogP contribution is 2.25. The molecule has 106 valence electrons. The first-order chi connectivity index (χ1) is 9.00. The van der Waals surface area contributed by atoms with Gasteiger partial charge in [-0.2, -0.15) is 0 Å². The van der Waals surface area contributed by atoms with Gasteiger partial charge in [0.25, 0.3) is 0 Å². The number of ether oxygens (including phenoxy) is 1. The van der Waals surface area contributed by atoms with E-state index in [1.165, 1.54) is 12.1 Å². The minimum atomic E-state index is -0.227. The standard InChI is InChI=1S/C15H23FN2O/c1-10(18(3)14-8-9-19-11(14)2)15(17)12-4-6-13(16)7-5-12/h4-7,10-11,14-15H,8-9,17H2,1-3H3. The van der Waals surface area contributed by atoms with Crippen LogP contribution in [-0.4, -0.2) is 36.7 Å². The second-order valence-corrected chi connectivity index (χ2v) is 5.42. The van der Waals surface area contributed by atoms with Crippen molar-refractivity contribution in [1.82, 2.24) is 4.90 Å². The number of benzene rings is 1. The highest BCUT2D eigenvalue weighted by atomic mass is 19.1. The molecule has 2 rings (SSSR count). The molecular weight excluding hydrogens is 243 g/mol. The number of likely N-dealkylation sites (N-methyl/N-ethyl adjacent to an activating group) is 1. The molecule has 1 aliphatic rings. The van der Waals surface area contributed by atoms with E-state index in [9.17, 15) is 4.39 Å². The minimum Gasteiger partial charge on any atom is -0.377 e. The lowest BCUT2D eigenvalue weighted by molar-refractivity contribution is 0.0654. The fraction of sp³-hybridized carbons (Fsp3) is 0.600.